The zero-order valence-corrected chi connectivity index (χ0v) is 19.4. The molecule has 0 aliphatic heterocycles. The summed E-state index contributed by atoms with van der Waals surface area (Å²) in [6.07, 6.45) is 19.3. The van der Waals surface area contributed by atoms with Crippen LogP contribution in [0.2, 0.25) is 0 Å². The molecule has 8 atom stereocenters. The third-order valence-corrected chi connectivity index (χ3v) is 12.1. The fourth-order valence-corrected chi connectivity index (χ4v) is 11.0. The second-order valence-corrected chi connectivity index (χ2v) is 13.3. The van der Waals surface area contributed by atoms with Crippen LogP contribution in [0.15, 0.2) is 0 Å². The summed E-state index contributed by atoms with van der Waals surface area (Å²) in [6.45, 7) is 11.7. The minimum absolute atomic E-state index is 0.524. The van der Waals surface area contributed by atoms with Crippen molar-refractivity contribution in [3.8, 4) is 0 Å². The van der Waals surface area contributed by atoms with Crippen LogP contribution in [-0.4, -0.2) is 6.54 Å². The molecule has 0 spiro atoms. The summed E-state index contributed by atoms with van der Waals surface area (Å²) in [5.74, 6) is 4.89. The van der Waals surface area contributed by atoms with E-state index in [-0.39, 0.29) is 0 Å². The summed E-state index contributed by atoms with van der Waals surface area (Å²) in [7, 11) is 0. The lowest BCUT2D eigenvalue weighted by molar-refractivity contribution is -0.200. The molecule has 0 bridgehead atoms. The minimum Gasteiger partial charge on any atom is -0.330 e. The van der Waals surface area contributed by atoms with E-state index in [4.69, 9.17) is 5.73 Å². The molecular weight excluding hydrogens is 338 g/mol. The topological polar surface area (TPSA) is 26.0 Å². The van der Waals surface area contributed by atoms with Crippen LogP contribution in [0.25, 0.3) is 0 Å². The zero-order valence-electron chi connectivity index (χ0n) is 19.4. The van der Waals surface area contributed by atoms with Crippen molar-refractivity contribution in [2.75, 3.05) is 6.54 Å². The number of hydrogen-bond acceptors (Lipinski definition) is 1. The van der Waals surface area contributed by atoms with E-state index in [1.807, 2.05) is 0 Å². The number of rotatable bonds is 1. The summed E-state index contributed by atoms with van der Waals surface area (Å²) in [5, 5.41) is 0. The molecular formula is C27H47N. The zero-order chi connectivity index (χ0) is 19.8. The molecule has 0 aromatic rings. The normalized spacial score (nSPS) is 55.4. The van der Waals surface area contributed by atoms with Crippen LogP contribution in [0.3, 0.4) is 0 Å². The van der Waals surface area contributed by atoms with Crippen LogP contribution in [0.1, 0.15) is 111 Å². The van der Waals surface area contributed by atoms with Gasteiger partial charge in [0.1, 0.15) is 0 Å². The average Bonchev–Trinajstić information content (AvgIpc) is 2.66. The van der Waals surface area contributed by atoms with Crippen LogP contribution in [0, 0.1) is 51.2 Å². The quantitative estimate of drug-likeness (QED) is 0.508. The van der Waals surface area contributed by atoms with Crippen molar-refractivity contribution in [1.82, 2.24) is 0 Å². The molecule has 160 valence electrons. The van der Waals surface area contributed by atoms with E-state index in [2.05, 4.69) is 27.7 Å². The molecule has 1 heteroatoms. The highest BCUT2D eigenvalue weighted by molar-refractivity contribution is 5.13. The predicted octanol–water partition coefficient (Wildman–Crippen LogP) is 7.19. The smallest absolute Gasteiger partial charge is 0.00178 e. The van der Waals surface area contributed by atoms with Crippen molar-refractivity contribution in [3.63, 3.8) is 0 Å². The van der Waals surface area contributed by atoms with Gasteiger partial charge in [0.25, 0.3) is 0 Å². The molecule has 0 radical (unpaired) electrons. The summed E-state index contributed by atoms with van der Waals surface area (Å²) in [5.41, 5.74) is 8.78. The van der Waals surface area contributed by atoms with Gasteiger partial charge < -0.3 is 5.73 Å². The third kappa shape index (κ3) is 2.53. The largest absolute Gasteiger partial charge is 0.330 e. The van der Waals surface area contributed by atoms with Gasteiger partial charge in [-0.25, -0.2) is 0 Å². The van der Waals surface area contributed by atoms with Crippen molar-refractivity contribution < 1.29 is 0 Å². The SMILES string of the molecule is CC1(C)CCC[C@@]2(C)C1CC[C@@]1(C)C3CC[C@@]4(CN)CCCCC4[C@H]3CCC12. The highest BCUT2D eigenvalue weighted by atomic mass is 14.7. The number of fused-ring (bicyclic) bond motifs is 7. The van der Waals surface area contributed by atoms with E-state index >= 15 is 0 Å². The molecule has 0 aromatic heterocycles. The predicted molar refractivity (Wildman–Crippen MR) is 119 cm³/mol. The van der Waals surface area contributed by atoms with E-state index in [9.17, 15) is 0 Å². The second kappa shape index (κ2) is 6.48. The van der Waals surface area contributed by atoms with Crippen LogP contribution in [-0.2, 0) is 0 Å². The van der Waals surface area contributed by atoms with Crippen LogP contribution >= 0.6 is 0 Å². The lowest BCUT2D eigenvalue weighted by Gasteiger charge is -2.69. The summed E-state index contributed by atoms with van der Waals surface area (Å²) < 4.78 is 0. The van der Waals surface area contributed by atoms with E-state index in [1.165, 1.54) is 83.5 Å². The van der Waals surface area contributed by atoms with Crippen molar-refractivity contribution in [2.24, 2.45) is 57.0 Å². The lowest BCUT2D eigenvalue weighted by Crippen LogP contribution is -2.62. The van der Waals surface area contributed by atoms with Crippen molar-refractivity contribution in [3.05, 3.63) is 0 Å². The van der Waals surface area contributed by atoms with Gasteiger partial charge in [-0.1, -0.05) is 47.0 Å². The second-order valence-electron chi connectivity index (χ2n) is 13.3. The van der Waals surface area contributed by atoms with Crippen molar-refractivity contribution in [1.29, 1.82) is 0 Å². The van der Waals surface area contributed by atoms with Crippen LogP contribution < -0.4 is 5.73 Å². The van der Waals surface area contributed by atoms with Crippen molar-refractivity contribution in [2.45, 2.75) is 111 Å². The van der Waals surface area contributed by atoms with E-state index in [0.29, 0.717) is 21.7 Å². The highest BCUT2D eigenvalue weighted by Crippen LogP contribution is 2.72. The fourth-order valence-electron chi connectivity index (χ4n) is 11.0. The van der Waals surface area contributed by atoms with E-state index in [1.54, 1.807) is 0 Å². The molecule has 5 saturated carbocycles. The van der Waals surface area contributed by atoms with Gasteiger partial charge in [0, 0.05) is 0 Å². The Hall–Kier alpha value is -0.0400. The molecule has 4 unspecified atom stereocenters. The molecule has 5 rings (SSSR count). The maximum Gasteiger partial charge on any atom is -0.00178 e. The van der Waals surface area contributed by atoms with Gasteiger partial charge in [0.15, 0.2) is 0 Å². The molecule has 0 saturated heterocycles. The Morgan fingerprint density at radius 1 is 0.643 bits per heavy atom. The van der Waals surface area contributed by atoms with Gasteiger partial charge >= 0.3 is 0 Å². The van der Waals surface area contributed by atoms with E-state index in [0.717, 1.165) is 36.1 Å². The van der Waals surface area contributed by atoms with Gasteiger partial charge in [0.2, 0.25) is 0 Å². The Kier molecular flexibility index (Phi) is 4.60. The Bertz CT molecular complexity index is 609. The Balaban J connectivity index is 1.47. The summed E-state index contributed by atoms with van der Waals surface area (Å²) in [6, 6.07) is 0. The van der Waals surface area contributed by atoms with E-state index < -0.39 is 0 Å². The minimum atomic E-state index is 0.524. The molecule has 5 aliphatic carbocycles. The molecule has 0 heterocycles. The fraction of sp³-hybridized carbons (Fsp3) is 1.00. The molecule has 1 nitrogen and oxygen atoms in total. The van der Waals surface area contributed by atoms with Crippen molar-refractivity contribution >= 4 is 0 Å². The average molecular weight is 386 g/mol. The Morgan fingerprint density at radius 3 is 2.25 bits per heavy atom. The van der Waals surface area contributed by atoms with Crippen LogP contribution in [0.4, 0.5) is 0 Å². The van der Waals surface area contributed by atoms with Gasteiger partial charge in [-0.3, -0.25) is 0 Å². The van der Waals surface area contributed by atoms with Crippen LogP contribution in [0.5, 0.6) is 0 Å². The summed E-state index contributed by atoms with van der Waals surface area (Å²) in [4.78, 5) is 0. The summed E-state index contributed by atoms with van der Waals surface area (Å²) >= 11 is 0. The number of nitrogens with two attached hydrogens (primary N) is 1. The maximum absolute atomic E-state index is 6.47. The molecule has 2 N–H and O–H groups in total. The first-order valence-electron chi connectivity index (χ1n) is 13.0. The third-order valence-electron chi connectivity index (χ3n) is 12.1. The molecule has 28 heavy (non-hydrogen) atoms. The molecule has 0 amide bonds. The number of hydrogen-bond donors (Lipinski definition) is 1. The molecule has 5 aliphatic rings. The van der Waals surface area contributed by atoms with Gasteiger partial charge in [0.05, 0.1) is 0 Å². The standard InChI is InChI=1S/C27H47N/c1-24(2)13-7-14-26(4)22(24)12-16-25(3)20-11-17-27(18-28)15-6-5-8-21(27)19(20)9-10-23(25)26/h19-23H,5-18,28H2,1-4H3/t19-,20?,21?,22?,23?,25-,26-,27+/m0/s1. The molecule has 0 aromatic carbocycles. The first-order valence-corrected chi connectivity index (χ1v) is 13.0. The van der Waals surface area contributed by atoms with Gasteiger partial charge in [-0.2, -0.15) is 0 Å². The van der Waals surface area contributed by atoms with Gasteiger partial charge in [-0.15, -0.1) is 0 Å². The molecule has 5 fully saturated rings. The Morgan fingerprint density at radius 2 is 1.46 bits per heavy atom. The van der Waals surface area contributed by atoms with Gasteiger partial charge in [-0.05, 0) is 122 Å². The Labute approximate surface area is 175 Å². The maximum atomic E-state index is 6.47. The first kappa shape index (κ1) is 19.9. The first-order chi connectivity index (χ1) is 13.3. The lowest BCUT2D eigenvalue weighted by atomic mass is 9.36. The monoisotopic (exact) mass is 385 g/mol. The highest BCUT2D eigenvalue weighted by Gasteiger charge is 2.64.